The average molecular weight is 489 g/mol. The number of rotatable bonds is 10. The Morgan fingerprint density at radius 2 is 1.83 bits per heavy atom. The molecule has 1 fully saturated rings. The highest BCUT2D eigenvalue weighted by atomic mass is 16.5. The van der Waals surface area contributed by atoms with Gasteiger partial charge >= 0.3 is 0 Å². The summed E-state index contributed by atoms with van der Waals surface area (Å²) in [5.41, 5.74) is 2.32. The normalized spacial score (nSPS) is 13.3. The smallest absolute Gasteiger partial charge is 0.246 e. The van der Waals surface area contributed by atoms with Gasteiger partial charge in [0.05, 0.1) is 19.9 Å². The average Bonchev–Trinajstić information content (AvgIpc) is 3.59. The number of nitrogens with one attached hydrogen (secondary N) is 1. The predicted octanol–water partition coefficient (Wildman–Crippen LogP) is 4.70. The molecule has 1 aliphatic rings. The molecule has 2 aromatic carbocycles. The Labute approximate surface area is 211 Å². The van der Waals surface area contributed by atoms with Crippen molar-refractivity contribution in [1.82, 2.24) is 14.5 Å². The number of benzene rings is 2. The summed E-state index contributed by atoms with van der Waals surface area (Å²) in [6.45, 7) is 4.02. The summed E-state index contributed by atoms with van der Waals surface area (Å²) in [5.74, 6) is 1.47. The summed E-state index contributed by atoms with van der Waals surface area (Å²) in [5, 5.41) is 2.91. The van der Waals surface area contributed by atoms with Crippen LogP contribution in [0.25, 0.3) is 16.9 Å². The van der Waals surface area contributed by atoms with Crippen molar-refractivity contribution in [2.45, 2.75) is 25.7 Å². The maximum atomic E-state index is 13.1. The van der Waals surface area contributed by atoms with E-state index in [0.29, 0.717) is 23.9 Å². The molecule has 0 bridgehead atoms. The fraction of sp³-hybridized carbons (Fsp3) is 0.321. The highest BCUT2D eigenvalue weighted by Gasteiger charge is 2.28. The zero-order valence-electron chi connectivity index (χ0n) is 20.8. The third-order valence-electron chi connectivity index (χ3n) is 6.37. The Bertz CT molecular complexity index is 1210. The van der Waals surface area contributed by atoms with Crippen LogP contribution in [0, 0.1) is 5.92 Å². The number of aromatic nitrogens is 2. The van der Waals surface area contributed by atoms with E-state index in [4.69, 9.17) is 14.5 Å². The largest absolute Gasteiger partial charge is 0.497 e. The molecule has 1 heterocycles. The molecule has 0 saturated heterocycles. The van der Waals surface area contributed by atoms with Crippen LogP contribution in [-0.2, 0) is 9.59 Å². The third-order valence-corrected chi connectivity index (χ3v) is 6.37. The van der Waals surface area contributed by atoms with Crippen molar-refractivity contribution in [1.29, 1.82) is 0 Å². The van der Waals surface area contributed by atoms with Crippen molar-refractivity contribution in [3.8, 4) is 28.4 Å². The van der Waals surface area contributed by atoms with Gasteiger partial charge in [-0.2, -0.15) is 0 Å². The molecule has 0 radical (unpaired) electrons. The fourth-order valence-electron chi connectivity index (χ4n) is 4.49. The van der Waals surface area contributed by atoms with Gasteiger partial charge < -0.3 is 14.4 Å². The topological polar surface area (TPSA) is 85.7 Å². The lowest BCUT2D eigenvalue weighted by Crippen LogP contribution is -2.41. The van der Waals surface area contributed by atoms with Crippen molar-refractivity contribution >= 4 is 17.8 Å². The van der Waals surface area contributed by atoms with Gasteiger partial charge in [-0.15, -0.1) is 6.58 Å². The number of ether oxygens (including phenoxy) is 2. The molecule has 188 valence electrons. The van der Waals surface area contributed by atoms with Crippen molar-refractivity contribution in [2.24, 2.45) is 5.92 Å². The first-order valence-electron chi connectivity index (χ1n) is 12.1. The summed E-state index contributed by atoms with van der Waals surface area (Å²) in [6.07, 6.45) is 7.37. The lowest BCUT2D eigenvalue weighted by Gasteiger charge is -2.23. The summed E-state index contributed by atoms with van der Waals surface area (Å²) in [7, 11) is 3.23. The number of anilines is 1. The molecule has 0 atom stereocenters. The molecule has 36 heavy (non-hydrogen) atoms. The van der Waals surface area contributed by atoms with E-state index in [-0.39, 0.29) is 24.3 Å². The number of hydrogen-bond acceptors (Lipinski definition) is 5. The van der Waals surface area contributed by atoms with E-state index in [1.165, 1.54) is 0 Å². The zero-order valence-corrected chi connectivity index (χ0v) is 20.8. The molecule has 8 nitrogen and oxygen atoms in total. The Hall–Kier alpha value is -4.07. The lowest BCUT2D eigenvalue weighted by molar-refractivity contribution is -0.137. The van der Waals surface area contributed by atoms with Crippen molar-refractivity contribution in [3.63, 3.8) is 0 Å². The second-order valence-corrected chi connectivity index (χ2v) is 8.79. The van der Waals surface area contributed by atoms with Crippen molar-refractivity contribution in [3.05, 3.63) is 67.4 Å². The fourth-order valence-corrected chi connectivity index (χ4v) is 4.49. The van der Waals surface area contributed by atoms with Gasteiger partial charge in [-0.05, 0) is 49.2 Å². The van der Waals surface area contributed by atoms with Gasteiger partial charge in [0.25, 0.3) is 0 Å². The van der Waals surface area contributed by atoms with E-state index in [1.54, 1.807) is 25.2 Å². The van der Waals surface area contributed by atoms with Crippen LogP contribution < -0.4 is 14.8 Å². The zero-order chi connectivity index (χ0) is 25.5. The highest BCUT2D eigenvalue weighted by Crippen LogP contribution is 2.28. The van der Waals surface area contributed by atoms with Crippen LogP contribution >= 0.6 is 0 Å². The highest BCUT2D eigenvalue weighted by molar-refractivity contribution is 5.94. The number of imidazole rings is 1. The van der Waals surface area contributed by atoms with E-state index in [2.05, 4.69) is 11.9 Å². The number of nitrogens with zero attached hydrogens (tertiary/aromatic N) is 3. The predicted molar refractivity (Wildman–Crippen MR) is 139 cm³/mol. The standard InChI is InChI=1S/C28H32N4O4/c1-4-16-31(27(34)20-8-5-6-9-20)19-26(33)30-28-29-25(21-10-7-11-24(17-21)36-3)18-32(28)22-12-14-23(35-2)15-13-22/h4,7,10-15,17-18,20H,1,5-6,8-9,16,19H2,2-3H3,(H,29,30,33). The van der Waals surface area contributed by atoms with Crippen LogP contribution in [0.15, 0.2) is 67.4 Å². The molecule has 0 aliphatic heterocycles. The molecule has 8 heteroatoms. The molecule has 3 aromatic rings. The molecular formula is C28H32N4O4. The van der Waals surface area contributed by atoms with Crippen LogP contribution in [0.5, 0.6) is 11.5 Å². The van der Waals surface area contributed by atoms with Crippen LogP contribution in [-0.4, -0.2) is 53.6 Å². The first-order valence-corrected chi connectivity index (χ1v) is 12.1. The van der Waals surface area contributed by atoms with Crippen LogP contribution in [0.3, 0.4) is 0 Å². The lowest BCUT2D eigenvalue weighted by atomic mass is 10.1. The maximum Gasteiger partial charge on any atom is 0.246 e. The summed E-state index contributed by atoms with van der Waals surface area (Å²) in [6, 6.07) is 15.0. The van der Waals surface area contributed by atoms with E-state index < -0.39 is 0 Å². The molecule has 1 N–H and O–H groups in total. The first-order chi connectivity index (χ1) is 17.5. The van der Waals surface area contributed by atoms with Crippen molar-refractivity contribution in [2.75, 3.05) is 32.6 Å². The summed E-state index contributed by atoms with van der Waals surface area (Å²) >= 11 is 0. The van der Waals surface area contributed by atoms with Gasteiger partial charge in [0.1, 0.15) is 18.0 Å². The van der Waals surface area contributed by atoms with E-state index in [1.807, 2.05) is 59.3 Å². The second-order valence-electron chi connectivity index (χ2n) is 8.79. The third kappa shape index (κ3) is 5.76. The number of amides is 2. The molecule has 1 aromatic heterocycles. The summed E-state index contributed by atoms with van der Waals surface area (Å²) in [4.78, 5) is 32.4. The Morgan fingerprint density at radius 3 is 2.50 bits per heavy atom. The molecule has 0 unspecified atom stereocenters. The van der Waals surface area contributed by atoms with Gasteiger partial charge in [-0.1, -0.05) is 31.1 Å². The Kier molecular flexibility index (Phi) is 8.05. The molecule has 1 saturated carbocycles. The van der Waals surface area contributed by atoms with E-state index in [0.717, 1.165) is 42.7 Å². The SMILES string of the molecule is C=CCN(CC(=O)Nc1nc(-c2cccc(OC)c2)cn1-c1ccc(OC)cc1)C(=O)C1CCCC1. The van der Waals surface area contributed by atoms with Crippen LogP contribution in [0.1, 0.15) is 25.7 Å². The van der Waals surface area contributed by atoms with Gasteiger partial charge in [-0.3, -0.25) is 19.5 Å². The quantitative estimate of drug-likeness (QED) is 0.418. The van der Waals surface area contributed by atoms with Gasteiger partial charge in [0, 0.05) is 29.9 Å². The Balaban J connectivity index is 1.61. The van der Waals surface area contributed by atoms with Crippen LogP contribution in [0.4, 0.5) is 5.95 Å². The Morgan fingerprint density at radius 1 is 1.11 bits per heavy atom. The van der Waals surface area contributed by atoms with E-state index in [9.17, 15) is 9.59 Å². The minimum Gasteiger partial charge on any atom is -0.497 e. The minimum absolute atomic E-state index is 0.0121. The molecular weight excluding hydrogens is 456 g/mol. The first kappa shape index (κ1) is 25.0. The minimum atomic E-state index is -0.319. The number of carbonyl (C=O) groups is 2. The van der Waals surface area contributed by atoms with Crippen molar-refractivity contribution < 1.29 is 19.1 Å². The summed E-state index contributed by atoms with van der Waals surface area (Å²) < 4.78 is 12.4. The molecule has 1 aliphatic carbocycles. The maximum absolute atomic E-state index is 13.1. The van der Waals surface area contributed by atoms with E-state index >= 15 is 0 Å². The van der Waals surface area contributed by atoms with Crippen LogP contribution in [0.2, 0.25) is 0 Å². The number of carbonyl (C=O) groups excluding carboxylic acids is 2. The number of hydrogen-bond donors (Lipinski definition) is 1. The molecule has 0 spiro atoms. The van der Waals surface area contributed by atoms with Gasteiger partial charge in [0.15, 0.2) is 0 Å². The molecule has 2 amide bonds. The number of methoxy groups -OCH3 is 2. The monoisotopic (exact) mass is 488 g/mol. The molecule has 4 rings (SSSR count). The van der Waals surface area contributed by atoms with Gasteiger partial charge in [0.2, 0.25) is 17.8 Å². The second kappa shape index (κ2) is 11.6. The van der Waals surface area contributed by atoms with Gasteiger partial charge in [-0.25, -0.2) is 4.98 Å².